The molecule has 0 unspecified atom stereocenters. The summed E-state index contributed by atoms with van der Waals surface area (Å²) in [5.41, 5.74) is 1.04. The number of fused-ring (bicyclic) bond motifs is 1. The summed E-state index contributed by atoms with van der Waals surface area (Å²) in [4.78, 5) is 11.2. The van der Waals surface area contributed by atoms with Gasteiger partial charge in [-0.2, -0.15) is 0 Å². The van der Waals surface area contributed by atoms with Gasteiger partial charge in [-0.15, -0.1) is 23.5 Å². The van der Waals surface area contributed by atoms with E-state index in [4.69, 9.17) is 18.9 Å². The highest BCUT2D eigenvalue weighted by Gasteiger charge is 2.58. The zero-order valence-electron chi connectivity index (χ0n) is 16.6. The van der Waals surface area contributed by atoms with Gasteiger partial charge >= 0.3 is 0 Å². The van der Waals surface area contributed by atoms with E-state index in [9.17, 15) is 10.1 Å². The Labute approximate surface area is 179 Å². The molecular weight excluding hydrogens is 414 g/mol. The molecule has 7 nitrogen and oxygen atoms in total. The van der Waals surface area contributed by atoms with Gasteiger partial charge in [0.25, 0.3) is 0 Å². The molecule has 1 aromatic rings. The van der Waals surface area contributed by atoms with Crippen molar-refractivity contribution in [2.75, 3.05) is 18.1 Å². The van der Waals surface area contributed by atoms with E-state index in [1.54, 1.807) is 23.5 Å². The summed E-state index contributed by atoms with van der Waals surface area (Å²) >= 11 is 3.57. The predicted molar refractivity (Wildman–Crippen MR) is 112 cm³/mol. The summed E-state index contributed by atoms with van der Waals surface area (Å²) < 4.78 is 24.6. The minimum Gasteiger partial charge on any atom is -0.368 e. The Hall–Kier alpha value is -0.840. The van der Waals surface area contributed by atoms with Crippen LogP contribution in [0.3, 0.4) is 0 Å². The minimum atomic E-state index is -0.762. The normalized spacial score (nSPS) is 32.8. The lowest BCUT2D eigenvalue weighted by Gasteiger charge is -2.34. The van der Waals surface area contributed by atoms with Crippen molar-refractivity contribution >= 4 is 23.5 Å². The van der Waals surface area contributed by atoms with Crippen LogP contribution in [-0.4, -0.2) is 57.9 Å². The lowest BCUT2D eigenvalue weighted by Crippen LogP contribution is -2.45. The van der Waals surface area contributed by atoms with Crippen molar-refractivity contribution in [2.24, 2.45) is 5.92 Å². The number of hydrogen-bond acceptors (Lipinski definition) is 8. The van der Waals surface area contributed by atoms with Crippen LogP contribution < -0.4 is 0 Å². The summed E-state index contributed by atoms with van der Waals surface area (Å²) in [5, 5.41) is 11.5. The van der Waals surface area contributed by atoms with Crippen LogP contribution in [0, 0.1) is 16.0 Å². The first kappa shape index (κ1) is 21.4. The Balaban J connectivity index is 1.55. The molecule has 0 aliphatic carbocycles. The predicted octanol–water partition coefficient (Wildman–Crippen LogP) is 3.54. The smallest absolute Gasteiger partial charge is 0.211 e. The van der Waals surface area contributed by atoms with Crippen LogP contribution in [0.2, 0.25) is 0 Å². The number of benzene rings is 1. The molecule has 4 rings (SSSR count). The van der Waals surface area contributed by atoms with Gasteiger partial charge in [-0.3, -0.25) is 10.1 Å². The summed E-state index contributed by atoms with van der Waals surface area (Å²) in [5.74, 6) is 0.992. The molecule has 1 aromatic carbocycles. The van der Waals surface area contributed by atoms with Crippen LogP contribution in [0.5, 0.6) is 0 Å². The van der Waals surface area contributed by atoms with Gasteiger partial charge in [-0.25, -0.2) is 0 Å². The third-order valence-electron chi connectivity index (χ3n) is 5.30. The van der Waals surface area contributed by atoms with E-state index in [1.807, 2.05) is 44.2 Å². The van der Waals surface area contributed by atoms with Gasteiger partial charge in [0.05, 0.1) is 17.1 Å². The number of thioether (sulfide) groups is 2. The molecule has 9 heteroatoms. The molecule has 0 spiro atoms. The molecular formula is C20H27NO6S2. The zero-order valence-corrected chi connectivity index (χ0v) is 18.2. The maximum absolute atomic E-state index is 11.5. The second-order valence-electron chi connectivity index (χ2n) is 7.97. The first-order valence-corrected chi connectivity index (χ1v) is 12.0. The molecule has 29 heavy (non-hydrogen) atoms. The lowest BCUT2D eigenvalue weighted by atomic mass is 9.97. The average molecular weight is 442 g/mol. The maximum Gasteiger partial charge on any atom is 0.211 e. The Kier molecular flexibility index (Phi) is 6.72. The van der Waals surface area contributed by atoms with Crippen molar-refractivity contribution in [1.29, 1.82) is 0 Å². The minimum absolute atomic E-state index is 0.105. The fourth-order valence-electron chi connectivity index (χ4n) is 4.08. The highest BCUT2D eigenvalue weighted by molar-refractivity contribution is 8.17. The molecule has 0 amide bonds. The van der Waals surface area contributed by atoms with Crippen LogP contribution in [0.25, 0.3) is 0 Å². The molecule has 0 aromatic heterocycles. The first-order chi connectivity index (χ1) is 13.9. The molecule has 3 fully saturated rings. The van der Waals surface area contributed by atoms with E-state index in [-0.39, 0.29) is 22.0 Å². The molecule has 3 saturated heterocycles. The fourth-order valence-corrected chi connectivity index (χ4v) is 7.28. The molecule has 5 atom stereocenters. The van der Waals surface area contributed by atoms with Crippen molar-refractivity contribution in [3.63, 3.8) is 0 Å². The highest BCUT2D eigenvalue weighted by Crippen LogP contribution is 2.46. The van der Waals surface area contributed by atoms with Gasteiger partial charge in [-0.1, -0.05) is 30.3 Å². The zero-order chi connectivity index (χ0) is 20.4. The van der Waals surface area contributed by atoms with Crippen LogP contribution in [0.15, 0.2) is 30.3 Å². The largest absolute Gasteiger partial charge is 0.368 e. The van der Waals surface area contributed by atoms with Crippen molar-refractivity contribution in [1.82, 2.24) is 0 Å². The van der Waals surface area contributed by atoms with E-state index < -0.39 is 30.4 Å². The molecule has 3 heterocycles. The molecule has 0 N–H and O–H groups in total. The topological polar surface area (TPSA) is 80.1 Å². The highest BCUT2D eigenvalue weighted by atomic mass is 32.2. The standard InChI is InChI=1S/C20H27NO6S2/c1-20(2)26-17-16(24-12-13-7-4-3-5-8-13)15(25-18(17)27-20)14(11-21(22)23)19-28-9-6-10-29-19/h3-5,7-8,14-19H,6,9-12H2,1-2H3/t14-,15+,16-,17+,18+/m0/s1. The quantitative estimate of drug-likeness (QED) is 0.470. The maximum atomic E-state index is 11.5. The number of hydrogen-bond donors (Lipinski definition) is 0. The van der Waals surface area contributed by atoms with Crippen molar-refractivity contribution in [2.45, 2.75) is 61.8 Å². The van der Waals surface area contributed by atoms with Crippen LogP contribution >= 0.6 is 23.5 Å². The van der Waals surface area contributed by atoms with Gasteiger partial charge < -0.3 is 18.9 Å². The van der Waals surface area contributed by atoms with Gasteiger partial charge in [0.15, 0.2) is 12.1 Å². The summed E-state index contributed by atoms with van der Waals surface area (Å²) in [6, 6.07) is 9.89. The SMILES string of the molecule is CC1(C)O[C@H]2O[C@H]([C@H](C[N+](=O)[O-])C3SCCCS3)[C@H](OCc3ccccc3)[C@H]2O1. The average Bonchev–Trinajstić information content (AvgIpc) is 3.17. The van der Waals surface area contributed by atoms with Crippen molar-refractivity contribution in [3.05, 3.63) is 46.0 Å². The van der Waals surface area contributed by atoms with Crippen LogP contribution in [-0.2, 0) is 25.6 Å². The van der Waals surface area contributed by atoms with E-state index >= 15 is 0 Å². The Morgan fingerprint density at radius 1 is 1.24 bits per heavy atom. The van der Waals surface area contributed by atoms with E-state index in [2.05, 4.69) is 0 Å². The van der Waals surface area contributed by atoms with Gasteiger partial charge in [-0.05, 0) is 37.3 Å². The molecule has 0 bridgehead atoms. The number of ether oxygens (including phenoxy) is 4. The second kappa shape index (κ2) is 9.11. The molecule has 3 aliphatic heterocycles. The summed E-state index contributed by atoms with van der Waals surface area (Å²) in [7, 11) is 0. The monoisotopic (exact) mass is 441 g/mol. The number of rotatable bonds is 7. The second-order valence-corrected chi connectivity index (χ2v) is 10.8. The van der Waals surface area contributed by atoms with Crippen LogP contribution in [0.4, 0.5) is 0 Å². The summed E-state index contributed by atoms with van der Waals surface area (Å²) in [6.07, 6.45) is -0.703. The molecule has 3 aliphatic rings. The molecule has 0 saturated carbocycles. The first-order valence-electron chi connectivity index (χ1n) is 9.94. The van der Waals surface area contributed by atoms with E-state index in [1.165, 1.54) is 0 Å². The third kappa shape index (κ3) is 5.08. The van der Waals surface area contributed by atoms with Gasteiger partial charge in [0.1, 0.15) is 18.3 Å². The summed E-state index contributed by atoms with van der Waals surface area (Å²) in [6.45, 7) is 3.94. The van der Waals surface area contributed by atoms with Gasteiger partial charge in [0, 0.05) is 4.92 Å². The fraction of sp³-hybridized carbons (Fsp3) is 0.700. The lowest BCUT2D eigenvalue weighted by molar-refractivity contribution is -0.490. The Morgan fingerprint density at radius 2 is 1.97 bits per heavy atom. The molecule has 0 radical (unpaired) electrons. The molecule has 160 valence electrons. The Bertz CT molecular complexity index is 699. The van der Waals surface area contributed by atoms with E-state index in [0.717, 1.165) is 23.5 Å². The van der Waals surface area contributed by atoms with Crippen LogP contribution in [0.1, 0.15) is 25.8 Å². The van der Waals surface area contributed by atoms with E-state index in [0.29, 0.717) is 6.61 Å². The van der Waals surface area contributed by atoms with Crippen molar-refractivity contribution in [3.8, 4) is 0 Å². The number of nitro groups is 1. The third-order valence-corrected chi connectivity index (χ3v) is 8.52. The van der Waals surface area contributed by atoms with Crippen molar-refractivity contribution < 1.29 is 23.9 Å². The number of nitrogens with zero attached hydrogens (tertiary/aromatic N) is 1. The Morgan fingerprint density at radius 3 is 2.66 bits per heavy atom. The van der Waals surface area contributed by atoms with Gasteiger partial charge in [0.2, 0.25) is 6.54 Å².